The van der Waals surface area contributed by atoms with Crippen LogP contribution in [0.5, 0.6) is 17.2 Å². The summed E-state index contributed by atoms with van der Waals surface area (Å²) in [6.45, 7) is 1.97. The van der Waals surface area contributed by atoms with E-state index in [1.807, 2.05) is 24.3 Å². The molecule has 1 aromatic heterocycles. The summed E-state index contributed by atoms with van der Waals surface area (Å²) < 4.78 is 38.5. The Morgan fingerprint density at radius 1 is 1.00 bits per heavy atom. The second-order valence-electron chi connectivity index (χ2n) is 6.87. The summed E-state index contributed by atoms with van der Waals surface area (Å²) >= 11 is 0. The van der Waals surface area contributed by atoms with Crippen LogP contribution in [0.3, 0.4) is 0 Å². The SMILES string of the molecule is CCS(=O)(=O)c1ccc2c(c1)-c1cn(C)c(=O)cc1OCCc1ccccc1O2. The molecule has 2 heterocycles. The third-order valence-electron chi connectivity index (χ3n) is 4.99. The minimum atomic E-state index is -3.42. The molecule has 0 spiro atoms. The number of aryl methyl sites for hydroxylation is 1. The smallest absolute Gasteiger partial charge is 0.254 e. The van der Waals surface area contributed by atoms with Gasteiger partial charge >= 0.3 is 0 Å². The van der Waals surface area contributed by atoms with Crippen molar-refractivity contribution in [2.24, 2.45) is 7.05 Å². The zero-order valence-corrected chi connectivity index (χ0v) is 17.0. The number of para-hydroxylation sites is 1. The van der Waals surface area contributed by atoms with Gasteiger partial charge in [0.1, 0.15) is 17.2 Å². The Bertz CT molecular complexity index is 1240. The lowest BCUT2D eigenvalue weighted by molar-refractivity contribution is 0.318. The highest BCUT2D eigenvalue weighted by Gasteiger charge is 2.21. The molecule has 0 aliphatic carbocycles. The van der Waals surface area contributed by atoms with Crippen molar-refractivity contribution in [2.75, 3.05) is 12.4 Å². The number of aromatic nitrogens is 1. The van der Waals surface area contributed by atoms with E-state index < -0.39 is 9.84 Å². The first-order chi connectivity index (χ1) is 13.9. The van der Waals surface area contributed by atoms with E-state index in [2.05, 4.69) is 0 Å². The molecule has 1 aliphatic heterocycles. The highest BCUT2D eigenvalue weighted by molar-refractivity contribution is 7.91. The van der Waals surface area contributed by atoms with Crippen LogP contribution in [0.4, 0.5) is 0 Å². The van der Waals surface area contributed by atoms with Crippen LogP contribution in [0.1, 0.15) is 12.5 Å². The zero-order chi connectivity index (χ0) is 20.6. The number of ether oxygens (including phenoxy) is 2. The molecule has 0 saturated heterocycles. The predicted molar refractivity (Wildman–Crippen MR) is 111 cm³/mol. The summed E-state index contributed by atoms with van der Waals surface area (Å²) in [6.07, 6.45) is 2.26. The van der Waals surface area contributed by atoms with Crippen molar-refractivity contribution < 1.29 is 17.9 Å². The quantitative estimate of drug-likeness (QED) is 0.644. The van der Waals surface area contributed by atoms with Gasteiger partial charge in [-0.1, -0.05) is 25.1 Å². The second kappa shape index (κ2) is 7.40. The van der Waals surface area contributed by atoms with E-state index >= 15 is 0 Å². The summed E-state index contributed by atoms with van der Waals surface area (Å²) in [5, 5.41) is 0. The van der Waals surface area contributed by atoms with Crippen molar-refractivity contribution in [1.82, 2.24) is 4.57 Å². The first-order valence-corrected chi connectivity index (χ1v) is 11.0. The van der Waals surface area contributed by atoms with Crippen LogP contribution in [0, 0.1) is 0 Å². The van der Waals surface area contributed by atoms with Crippen LogP contribution >= 0.6 is 0 Å². The van der Waals surface area contributed by atoms with E-state index in [4.69, 9.17) is 9.47 Å². The van der Waals surface area contributed by atoms with Crippen LogP contribution in [0.25, 0.3) is 11.1 Å². The van der Waals surface area contributed by atoms with Crippen molar-refractivity contribution in [3.63, 3.8) is 0 Å². The first kappa shape index (κ1) is 19.3. The standard InChI is InChI=1S/C22H21NO5S/c1-3-29(25,26)16-8-9-20-17(12-16)18-14-23(2)22(24)13-21(18)27-11-10-15-6-4-5-7-19(15)28-20/h4-9,12-14H,3,10-11H2,1-2H3. The minimum Gasteiger partial charge on any atom is -0.492 e. The molecule has 0 bridgehead atoms. The Morgan fingerprint density at radius 3 is 2.59 bits per heavy atom. The number of hydrogen-bond acceptors (Lipinski definition) is 5. The molecule has 29 heavy (non-hydrogen) atoms. The molecule has 6 nitrogen and oxygen atoms in total. The van der Waals surface area contributed by atoms with E-state index in [1.165, 1.54) is 10.6 Å². The van der Waals surface area contributed by atoms with Crippen molar-refractivity contribution >= 4 is 9.84 Å². The average molecular weight is 411 g/mol. The van der Waals surface area contributed by atoms with E-state index in [-0.39, 0.29) is 16.2 Å². The number of rotatable bonds is 2. The molecule has 0 unspecified atom stereocenters. The molecule has 0 atom stereocenters. The Kier molecular flexibility index (Phi) is 4.92. The topological polar surface area (TPSA) is 74.6 Å². The van der Waals surface area contributed by atoms with Gasteiger partial charge < -0.3 is 14.0 Å². The van der Waals surface area contributed by atoms with Gasteiger partial charge in [-0.3, -0.25) is 4.79 Å². The number of sulfone groups is 1. The molecule has 0 fully saturated rings. The Hall–Kier alpha value is -3.06. The molecule has 1 aliphatic rings. The van der Waals surface area contributed by atoms with Crippen molar-refractivity contribution in [1.29, 1.82) is 0 Å². The van der Waals surface area contributed by atoms with Gasteiger partial charge in [0.05, 0.1) is 17.3 Å². The van der Waals surface area contributed by atoms with Crippen molar-refractivity contribution in [3.8, 4) is 28.4 Å². The fourth-order valence-electron chi connectivity index (χ4n) is 3.30. The Labute approximate surface area is 169 Å². The number of fused-ring (bicyclic) bond motifs is 4. The summed E-state index contributed by atoms with van der Waals surface area (Å²) in [5.41, 5.74) is 1.92. The molecule has 0 saturated carbocycles. The summed E-state index contributed by atoms with van der Waals surface area (Å²) in [5.74, 6) is 1.59. The monoisotopic (exact) mass is 411 g/mol. The molecule has 0 amide bonds. The van der Waals surface area contributed by atoms with Crippen LogP contribution < -0.4 is 15.0 Å². The molecule has 4 rings (SSSR count). The zero-order valence-electron chi connectivity index (χ0n) is 16.2. The van der Waals surface area contributed by atoms with Gasteiger partial charge in [0.2, 0.25) is 0 Å². The van der Waals surface area contributed by atoms with E-state index in [0.29, 0.717) is 41.4 Å². The maximum Gasteiger partial charge on any atom is 0.254 e. The van der Waals surface area contributed by atoms with E-state index in [1.54, 1.807) is 38.4 Å². The first-order valence-electron chi connectivity index (χ1n) is 9.35. The molecule has 0 N–H and O–H groups in total. The van der Waals surface area contributed by atoms with E-state index in [0.717, 1.165) is 5.56 Å². The number of hydrogen-bond donors (Lipinski definition) is 0. The largest absolute Gasteiger partial charge is 0.492 e. The van der Waals surface area contributed by atoms with Crippen LogP contribution in [0.15, 0.2) is 64.4 Å². The number of nitrogens with zero attached hydrogens (tertiary/aromatic N) is 1. The lowest BCUT2D eigenvalue weighted by Crippen LogP contribution is -2.17. The molecule has 150 valence electrons. The van der Waals surface area contributed by atoms with Crippen molar-refractivity contribution in [2.45, 2.75) is 18.2 Å². The van der Waals surface area contributed by atoms with Crippen LogP contribution in [-0.2, 0) is 23.3 Å². The molecular weight excluding hydrogens is 390 g/mol. The van der Waals surface area contributed by atoms with Gasteiger partial charge in [-0.15, -0.1) is 0 Å². The van der Waals surface area contributed by atoms with Gasteiger partial charge in [-0.2, -0.15) is 0 Å². The molecule has 0 radical (unpaired) electrons. The third-order valence-corrected chi connectivity index (χ3v) is 6.72. The Morgan fingerprint density at radius 2 is 1.79 bits per heavy atom. The highest BCUT2D eigenvalue weighted by Crippen LogP contribution is 2.40. The van der Waals surface area contributed by atoms with Gasteiger partial charge in [0.15, 0.2) is 9.84 Å². The lowest BCUT2D eigenvalue weighted by Gasteiger charge is -2.20. The molecule has 3 aromatic rings. The summed E-state index contributed by atoms with van der Waals surface area (Å²) in [6, 6.07) is 13.9. The van der Waals surface area contributed by atoms with Crippen LogP contribution in [-0.4, -0.2) is 25.3 Å². The minimum absolute atomic E-state index is 0.00783. The van der Waals surface area contributed by atoms with Crippen molar-refractivity contribution in [3.05, 3.63) is 70.6 Å². The Balaban J connectivity index is 2.00. The summed E-state index contributed by atoms with van der Waals surface area (Å²) in [7, 11) is -1.77. The fourth-order valence-corrected chi connectivity index (χ4v) is 4.21. The summed E-state index contributed by atoms with van der Waals surface area (Å²) in [4.78, 5) is 12.4. The molecule has 7 heteroatoms. The van der Waals surface area contributed by atoms with Gasteiger partial charge in [-0.25, -0.2) is 8.42 Å². The number of benzene rings is 2. The van der Waals surface area contributed by atoms with Crippen LogP contribution in [0.2, 0.25) is 0 Å². The van der Waals surface area contributed by atoms with Gasteiger partial charge in [0.25, 0.3) is 5.56 Å². The maximum absolute atomic E-state index is 12.5. The third kappa shape index (κ3) is 3.65. The molecular formula is C22H21NO5S. The second-order valence-corrected chi connectivity index (χ2v) is 9.15. The fraction of sp³-hybridized carbons (Fsp3) is 0.227. The lowest BCUT2D eigenvalue weighted by atomic mass is 10.0. The average Bonchev–Trinajstić information content (AvgIpc) is 2.71. The maximum atomic E-state index is 12.5. The van der Waals surface area contributed by atoms with Gasteiger partial charge in [0, 0.05) is 36.9 Å². The molecule has 2 aromatic carbocycles. The van der Waals surface area contributed by atoms with E-state index in [9.17, 15) is 13.2 Å². The normalized spacial score (nSPS) is 13.3. The van der Waals surface area contributed by atoms with Gasteiger partial charge in [-0.05, 0) is 29.8 Å². The predicted octanol–water partition coefficient (Wildman–Crippen LogP) is 3.57. The number of pyridine rings is 1. The highest BCUT2D eigenvalue weighted by atomic mass is 32.2.